The van der Waals surface area contributed by atoms with Crippen molar-refractivity contribution in [3.8, 4) is 0 Å². The lowest BCUT2D eigenvalue weighted by atomic mass is 10.1. The van der Waals surface area contributed by atoms with Crippen LogP contribution in [0.25, 0.3) is 0 Å². The number of nitrogens with one attached hydrogen (secondary N) is 3. The van der Waals surface area contributed by atoms with Gasteiger partial charge in [-0.15, -0.1) is 0 Å². The van der Waals surface area contributed by atoms with Crippen LogP contribution in [0.5, 0.6) is 0 Å². The largest absolute Gasteiger partial charge is 0.478 e. The van der Waals surface area contributed by atoms with E-state index in [-0.39, 0.29) is 29.0 Å². The Bertz CT molecular complexity index is 1380. The molecule has 0 aliphatic rings. The highest BCUT2D eigenvalue weighted by molar-refractivity contribution is 5.99. The first-order chi connectivity index (χ1) is 19.2. The van der Waals surface area contributed by atoms with Gasteiger partial charge in [-0.05, 0) is 48.5 Å². The Morgan fingerprint density at radius 2 is 1.18 bits per heavy atom. The highest BCUT2D eigenvalue weighted by Gasteiger charge is 2.41. The molecule has 0 heterocycles. The van der Waals surface area contributed by atoms with Gasteiger partial charge in [-0.2, -0.15) is 0 Å². The van der Waals surface area contributed by atoms with Crippen molar-refractivity contribution in [3.63, 3.8) is 0 Å². The maximum atomic E-state index is 13.0. The molecule has 0 unspecified atom stereocenters. The zero-order chi connectivity index (χ0) is 29.1. The smallest absolute Gasteiger partial charge is 0.349 e. The second-order valence-corrected chi connectivity index (χ2v) is 8.14. The number of hydrogen-bond acceptors (Lipinski definition) is 8. The van der Waals surface area contributed by atoms with E-state index in [1.807, 2.05) is 5.43 Å². The molecule has 3 aromatic carbocycles. The molecule has 0 aliphatic carbocycles. The maximum Gasteiger partial charge on any atom is 0.349 e. The summed E-state index contributed by atoms with van der Waals surface area (Å²) in [6, 6.07) is 20.5. The number of carbonyl (C=O) groups excluding carboxylic acids is 5. The summed E-state index contributed by atoms with van der Waals surface area (Å²) in [5.41, 5.74) is 4.62. The van der Waals surface area contributed by atoms with Gasteiger partial charge in [0.1, 0.15) is 0 Å². The molecular formula is C28H25N3O9. The van der Waals surface area contributed by atoms with Crippen molar-refractivity contribution in [3.05, 3.63) is 102 Å². The van der Waals surface area contributed by atoms with Crippen LogP contribution in [0.4, 0.5) is 5.69 Å². The normalized spacial score (nSPS) is 11.7. The molecule has 40 heavy (non-hydrogen) atoms. The molecule has 0 aromatic heterocycles. The fourth-order valence-electron chi connectivity index (χ4n) is 3.23. The van der Waals surface area contributed by atoms with Crippen molar-refractivity contribution >= 4 is 41.3 Å². The molecule has 0 fully saturated rings. The Morgan fingerprint density at radius 1 is 0.675 bits per heavy atom. The second kappa shape index (κ2) is 13.9. The van der Waals surface area contributed by atoms with E-state index in [2.05, 4.69) is 10.7 Å². The topological polar surface area (TPSA) is 177 Å². The first-order valence-corrected chi connectivity index (χ1v) is 11.9. The third kappa shape index (κ3) is 7.99. The summed E-state index contributed by atoms with van der Waals surface area (Å²) < 4.78 is 10.2. The number of hydrazine groups is 1. The third-order valence-corrected chi connectivity index (χ3v) is 5.31. The van der Waals surface area contributed by atoms with Gasteiger partial charge in [0.25, 0.3) is 11.8 Å². The number of ether oxygens (including phenoxy) is 2. The number of carboxylic acids is 1. The van der Waals surface area contributed by atoms with E-state index >= 15 is 0 Å². The van der Waals surface area contributed by atoms with Crippen LogP contribution in [0.1, 0.15) is 44.4 Å². The third-order valence-electron chi connectivity index (χ3n) is 5.31. The maximum absolute atomic E-state index is 13.0. The van der Waals surface area contributed by atoms with Gasteiger partial charge in [0.05, 0.1) is 11.1 Å². The molecule has 0 radical (unpaired) electrons. The molecule has 3 rings (SSSR count). The highest BCUT2D eigenvalue weighted by Crippen LogP contribution is 2.14. The van der Waals surface area contributed by atoms with E-state index in [1.54, 1.807) is 19.1 Å². The Hall–Kier alpha value is -5.52. The van der Waals surface area contributed by atoms with Crippen LogP contribution in [0.15, 0.2) is 84.9 Å². The van der Waals surface area contributed by atoms with Gasteiger partial charge in [-0.25, -0.2) is 14.4 Å². The standard InChI is InChI=1S/C28H25N3O9/c1-2-21(32)29-20-15-13-17(14-16-20)24(33)30-31-25(34)22(39-27(37)18-9-5-3-6-10-18)23(26(35)36)40-28(38)19-11-7-4-8-12-19/h3-16,22-23H,2H2,1H3,(H,29,32)(H,30,33)(H,31,34)(H,35,36)/t22-,23-/m0/s1. The second-order valence-electron chi connectivity index (χ2n) is 8.14. The number of aliphatic carboxylic acids is 1. The molecule has 2 atom stereocenters. The summed E-state index contributed by atoms with van der Waals surface area (Å²) in [6.07, 6.45) is -4.19. The van der Waals surface area contributed by atoms with E-state index < -0.39 is 41.9 Å². The quantitative estimate of drug-likeness (QED) is 0.219. The van der Waals surface area contributed by atoms with E-state index in [4.69, 9.17) is 9.47 Å². The highest BCUT2D eigenvalue weighted by atomic mass is 16.6. The SMILES string of the molecule is CCC(=O)Nc1ccc(C(=O)NNC(=O)[C@@H](OC(=O)c2ccccc2)[C@H](OC(=O)c2ccccc2)C(=O)O)cc1. The number of benzene rings is 3. The Labute approximate surface area is 228 Å². The van der Waals surface area contributed by atoms with Crippen LogP contribution in [-0.2, 0) is 23.9 Å². The molecule has 12 heteroatoms. The molecule has 0 aliphatic heterocycles. The van der Waals surface area contributed by atoms with Gasteiger partial charge >= 0.3 is 17.9 Å². The Kier molecular flexibility index (Phi) is 10.1. The molecule has 0 bridgehead atoms. The summed E-state index contributed by atoms with van der Waals surface area (Å²) in [6.45, 7) is 1.68. The van der Waals surface area contributed by atoms with Gasteiger partial charge in [-0.1, -0.05) is 43.3 Å². The summed E-state index contributed by atoms with van der Waals surface area (Å²) >= 11 is 0. The van der Waals surface area contributed by atoms with Crippen LogP contribution in [-0.4, -0.2) is 52.9 Å². The van der Waals surface area contributed by atoms with Gasteiger partial charge in [0.2, 0.25) is 18.1 Å². The molecule has 3 amide bonds. The minimum absolute atomic E-state index is 0.00175. The summed E-state index contributed by atoms with van der Waals surface area (Å²) in [5.74, 6) is -6.23. The number of hydrogen-bond donors (Lipinski definition) is 4. The van der Waals surface area contributed by atoms with E-state index in [1.165, 1.54) is 72.8 Å². The van der Waals surface area contributed by atoms with Crippen LogP contribution < -0.4 is 16.2 Å². The minimum atomic E-state index is -2.27. The minimum Gasteiger partial charge on any atom is -0.478 e. The molecular weight excluding hydrogens is 522 g/mol. The van der Waals surface area contributed by atoms with Crippen LogP contribution in [0.3, 0.4) is 0 Å². The average Bonchev–Trinajstić information content (AvgIpc) is 2.98. The zero-order valence-corrected chi connectivity index (χ0v) is 21.2. The number of amides is 3. The van der Waals surface area contributed by atoms with Gasteiger partial charge in [-0.3, -0.25) is 25.2 Å². The van der Waals surface area contributed by atoms with Crippen molar-refractivity contribution in [1.29, 1.82) is 0 Å². The monoisotopic (exact) mass is 547 g/mol. The zero-order valence-electron chi connectivity index (χ0n) is 21.2. The van der Waals surface area contributed by atoms with Crippen molar-refractivity contribution in [2.75, 3.05) is 5.32 Å². The lowest BCUT2D eigenvalue weighted by Crippen LogP contribution is -2.54. The molecule has 0 spiro atoms. The number of rotatable bonds is 10. The molecule has 12 nitrogen and oxygen atoms in total. The van der Waals surface area contributed by atoms with Gasteiger partial charge < -0.3 is 19.9 Å². The molecule has 206 valence electrons. The number of carbonyl (C=O) groups is 6. The fraction of sp³-hybridized carbons (Fsp3) is 0.143. The summed E-state index contributed by atoms with van der Waals surface area (Å²) in [7, 11) is 0. The first kappa shape index (κ1) is 29.0. The summed E-state index contributed by atoms with van der Waals surface area (Å²) in [4.78, 5) is 74.4. The summed E-state index contributed by atoms with van der Waals surface area (Å²) in [5, 5.41) is 12.4. The van der Waals surface area contributed by atoms with Crippen molar-refractivity contribution < 1.29 is 43.3 Å². The number of anilines is 1. The fourth-order valence-corrected chi connectivity index (χ4v) is 3.23. The molecule has 4 N–H and O–H groups in total. The van der Waals surface area contributed by atoms with E-state index in [0.717, 1.165) is 0 Å². The van der Waals surface area contributed by atoms with Crippen LogP contribution in [0, 0.1) is 0 Å². The first-order valence-electron chi connectivity index (χ1n) is 11.9. The molecule has 3 aromatic rings. The Morgan fingerprint density at radius 3 is 1.65 bits per heavy atom. The van der Waals surface area contributed by atoms with Crippen LogP contribution >= 0.6 is 0 Å². The molecule has 0 saturated carbocycles. The predicted octanol–water partition coefficient (Wildman–Crippen LogP) is 2.33. The van der Waals surface area contributed by atoms with E-state index in [0.29, 0.717) is 5.69 Å². The van der Waals surface area contributed by atoms with Gasteiger partial charge in [0.15, 0.2) is 0 Å². The van der Waals surface area contributed by atoms with Gasteiger partial charge in [0, 0.05) is 17.7 Å². The van der Waals surface area contributed by atoms with Crippen molar-refractivity contribution in [2.45, 2.75) is 25.6 Å². The number of esters is 2. The van der Waals surface area contributed by atoms with E-state index in [9.17, 15) is 33.9 Å². The average molecular weight is 548 g/mol. The lowest BCUT2D eigenvalue weighted by Gasteiger charge is -2.23. The van der Waals surface area contributed by atoms with Crippen molar-refractivity contribution in [2.24, 2.45) is 0 Å². The Balaban J connectivity index is 1.77. The lowest BCUT2D eigenvalue weighted by molar-refractivity contribution is -0.159. The van der Waals surface area contributed by atoms with Crippen LogP contribution in [0.2, 0.25) is 0 Å². The molecule has 0 saturated heterocycles. The predicted molar refractivity (Wildman–Crippen MR) is 140 cm³/mol. The van der Waals surface area contributed by atoms with Crippen molar-refractivity contribution in [1.82, 2.24) is 10.9 Å². The number of carboxylic acid groups (broad SMARTS) is 1.